The second-order valence-corrected chi connectivity index (χ2v) is 8.42. The lowest BCUT2D eigenvalue weighted by Gasteiger charge is -2.42. The van der Waals surface area contributed by atoms with Crippen molar-refractivity contribution in [3.63, 3.8) is 0 Å². The first-order valence-corrected chi connectivity index (χ1v) is 10.6. The molecule has 0 radical (unpaired) electrons. The number of carbonyl (C=O) groups excluding carboxylic acids is 1. The van der Waals surface area contributed by atoms with Crippen molar-refractivity contribution < 1.29 is 9.18 Å². The third-order valence-electron chi connectivity index (χ3n) is 5.66. The molecule has 1 spiro atoms. The zero-order chi connectivity index (χ0) is 20.7. The number of halogens is 2. The van der Waals surface area contributed by atoms with Gasteiger partial charge in [-0.25, -0.2) is 14.4 Å². The second kappa shape index (κ2) is 8.28. The number of aliphatic imine (C=N–C) groups is 1. The highest BCUT2D eigenvalue weighted by Gasteiger charge is 2.39. The summed E-state index contributed by atoms with van der Waals surface area (Å²) in [5.74, 6) is -0.181. The number of amidine groups is 1. The molecule has 0 unspecified atom stereocenters. The van der Waals surface area contributed by atoms with Crippen LogP contribution in [-0.2, 0) is 0 Å². The molecule has 1 aromatic heterocycles. The minimum absolute atomic E-state index is 0. The predicted molar refractivity (Wildman–Crippen MR) is 123 cm³/mol. The van der Waals surface area contributed by atoms with E-state index in [9.17, 15) is 9.18 Å². The number of carbonyl (C=O) groups is 1. The second-order valence-electron chi connectivity index (χ2n) is 7.52. The standard InChI is InChI=1S/C22H20FN5OS.ClH/c23-16-2-1-3-17-18(16)19(24)27-22(26-17)8-11-28(12-9-22)21(29)15-6-4-14(5-7-15)20-25-10-13-30-20;/h1-7,10,13,26H,8-9,11-12H2,(H2,24,27);1H. The quantitative estimate of drug-likeness (QED) is 0.606. The van der Waals surface area contributed by atoms with Gasteiger partial charge in [0.05, 0.1) is 5.56 Å². The number of nitrogens with zero attached hydrogens (tertiary/aromatic N) is 3. The number of nitrogens with one attached hydrogen (secondary N) is 1. The average molecular weight is 458 g/mol. The summed E-state index contributed by atoms with van der Waals surface area (Å²) < 4.78 is 14.1. The first-order chi connectivity index (χ1) is 14.5. The molecule has 0 aliphatic carbocycles. The molecule has 1 fully saturated rings. The Morgan fingerprint density at radius 3 is 2.58 bits per heavy atom. The molecule has 2 aliphatic heterocycles. The first kappa shape index (κ1) is 21.3. The van der Waals surface area contributed by atoms with Crippen LogP contribution < -0.4 is 11.1 Å². The van der Waals surface area contributed by atoms with E-state index in [2.05, 4.69) is 15.3 Å². The fourth-order valence-corrected chi connectivity index (χ4v) is 4.72. The van der Waals surface area contributed by atoms with Crippen molar-refractivity contribution in [2.24, 2.45) is 10.7 Å². The van der Waals surface area contributed by atoms with Crippen LogP contribution in [0.15, 0.2) is 59.0 Å². The molecule has 3 heterocycles. The normalized spacial score (nSPS) is 16.7. The number of thiazole rings is 1. The highest BCUT2D eigenvalue weighted by molar-refractivity contribution is 7.13. The van der Waals surface area contributed by atoms with Crippen LogP contribution in [0.1, 0.15) is 28.8 Å². The molecule has 0 saturated carbocycles. The summed E-state index contributed by atoms with van der Waals surface area (Å²) in [6.45, 7) is 1.09. The molecular formula is C22H21ClFN5OS. The van der Waals surface area contributed by atoms with Gasteiger partial charge in [-0.3, -0.25) is 4.79 Å². The highest BCUT2D eigenvalue weighted by atomic mass is 35.5. The number of rotatable bonds is 2. The summed E-state index contributed by atoms with van der Waals surface area (Å²) in [6, 6.07) is 12.4. The fourth-order valence-electron chi connectivity index (χ4n) is 4.07. The maximum Gasteiger partial charge on any atom is 0.253 e. The van der Waals surface area contributed by atoms with E-state index in [1.165, 1.54) is 6.07 Å². The van der Waals surface area contributed by atoms with E-state index in [1.807, 2.05) is 40.6 Å². The molecule has 3 aromatic rings. The molecule has 2 aliphatic rings. The number of likely N-dealkylation sites (tertiary alicyclic amines) is 1. The molecule has 160 valence electrons. The molecule has 9 heteroatoms. The van der Waals surface area contributed by atoms with Gasteiger partial charge < -0.3 is 16.0 Å². The van der Waals surface area contributed by atoms with Crippen LogP contribution in [-0.4, -0.2) is 40.4 Å². The van der Waals surface area contributed by atoms with Crippen LogP contribution >= 0.6 is 23.7 Å². The fraction of sp³-hybridized carbons (Fsp3) is 0.227. The monoisotopic (exact) mass is 457 g/mol. The average Bonchev–Trinajstić information content (AvgIpc) is 3.29. The van der Waals surface area contributed by atoms with Gasteiger partial charge in [0.15, 0.2) is 0 Å². The van der Waals surface area contributed by atoms with Crippen LogP contribution in [0.4, 0.5) is 10.1 Å². The van der Waals surface area contributed by atoms with Crippen LogP contribution in [0.3, 0.4) is 0 Å². The van der Waals surface area contributed by atoms with Gasteiger partial charge in [0.2, 0.25) is 0 Å². The van der Waals surface area contributed by atoms with Gasteiger partial charge in [0, 0.05) is 54.3 Å². The number of hydrogen-bond acceptors (Lipinski definition) is 6. The number of aromatic nitrogens is 1. The highest BCUT2D eigenvalue weighted by Crippen LogP contribution is 2.35. The van der Waals surface area contributed by atoms with E-state index >= 15 is 0 Å². The van der Waals surface area contributed by atoms with E-state index in [4.69, 9.17) is 5.73 Å². The van der Waals surface area contributed by atoms with Gasteiger partial charge in [0.25, 0.3) is 5.91 Å². The van der Waals surface area contributed by atoms with Gasteiger partial charge in [0.1, 0.15) is 22.3 Å². The topological polar surface area (TPSA) is 83.6 Å². The van der Waals surface area contributed by atoms with Crippen molar-refractivity contribution in [1.82, 2.24) is 9.88 Å². The van der Waals surface area contributed by atoms with Crippen molar-refractivity contribution in [3.8, 4) is 10.6 Å². The Balaban J connectivity index is 0.00000231. The Labute approximate surface area is 189 Å². The lowest BCUT2D eigenvalue weighted by atomic mass is 9.93. The number of fused-ring (bicyclic) bond motifs is 1. The molecule has 1 amide bonds. The van der Waals surface area contributed by atoms with Crippen molar-refractivity contribution in [3.05, 3.63) is 71.0 Å². The largest absolute Gasteiger partial charge is 0.383 e. The van der Waals surface area contributed by atoms with Crippen LogP contribution in [0, 0.1) is 5.82 Å². The molecule has 5 rings (SSSR count). The Hall–Kier alpha value is -2.97. The molecular weight excluding hydrogens is 437 g/mol. The van der Waals surface area contributed by atoms with Crippen molar-refractivity contribution in [2.75, 3.05) is 18.4 Å². The molecule has 0 bridgehead atoms. The summed E-state index contributed by atoms with van der Waals surface area (Å²) >= 11 is 1.57. The minimum Gasteiger partial charge on any atom is -0.383 e. The number of nitrogens with two attached hydrogens (primary N) is 1. The Bertz CT molecular complexity index is 1130. The van der Waals surface area contributed by atoms with Crippen molar-refractivity contribution in [2.45, 2.75) is 18.5 Å². The number of hydrogen-bond donors (Lipinski definition) is 2. The van der Waals surface area contributed by atoms with E-state index in [0.29, 0.717) is 42.7 Å². The van der Waals surface area contributed by atoms with Gasteiger partial charge >= 0.3 is 0 Å². The third kappa shape index (κ3) is 3.88. The number of benzene rings is 2. The van der Waals surface area contributed by atoms with Gasteiger partial charge in [-0.2, -0.15) is 0 Å². The first-order valence-electron chi connectivity index (χ1n) is 9.76. The maximum atomic E-state index is 14.1. The number of piperidine rings is 1. The maximum absolute atomic E-state index is 14.1. The molecule has 2 aromatic carbocycles. The van der Waals surface area contributed by atoms with Crippen molar-refractivity contribution >= 4 is 41.2 Å². The van der Waals surface area contributed by atoms with Crippen LogP contribution in [0.5, 0.6) is 0 Å². The van der Waals surface area contributed by atoms with E-state index in [0.717, 1.165) is 10.6 Å². The summed E-state index contributed by atoms with van der Waals surface area (Å²) in [7, 11) is 0. The van der Waals surface area contributed by atoms with Gasteiger partial charge in [-0.05, 0) is 24.3 Å². The molecule has 31 heavy (non-hydrogen) atoms. The van der Waals surface area contributed by atoms with Gasteiger partial charge in [-0.15, -0.1) is 23.7 Å². The SMILES string of the molecule is Cl.NC1=NC2(CCN(C(=O)c3ccc(-c4nccs4)cc3)CC2)Nc2cccc(F)c21. The van der Waals surface area contributed by atoms with E-state index in [-0.39, 0.29) is 30.0 Å². The molecule has 3 N–H and O–H groups in total. The van der Waals surface area contributed by atoms with Crippen molar-refractivity contribution in [1.29, 1.82) is 0 Å². The summed E-state index contributed by atoms with van der Waals surface area (Å²) in [6.07, 6.45) is 2.98. The Morgan fingerprint density at radius 2 is 1.90 bits per heavy atom. The molecule has 0 atom stereocenters. The minimum atomic E-state index is -0.601. The van der Waals surface area contributed by atoms with Crippen LogP contribution in [0.2, 0.25) is 0 Å². The van der Waals surface area contributed by atoms with E-state index < -0.39 is 5.66 Å². The number of anilines is 1. The smallest absolute Gasteiger partial charge is 0.253 e. The molecule has 1 saturated heterocycles. The molecule has 6 nitrogen and oxygen atoms in total. The Morgan fingerprint density at radius 1 is 1.16 bits per heavy atom. The predicted octanol–water partition coefficient (Wildman–Crippen LogP) is 4.13. The Kier molecular flexibility index (Phi) is 5.68. The summed E-state index contributed by atoms with van der Waals surface area (Å²) in [5.41, 5.74) is 8.10. The van der Waals surface area contributed by atoms with E-state index in [1.54, 1.807) is 23.6 Å². The zero-order valence-electron chi connectivity index (χ0n) is 16.5. The lowest BCUT2D eigenvalue weighted by Crippen LogP contribution is -2.52. The summed E-state index contributed by atoms with van der Waals surface area (Å²) in [4.78, 5) is 23.7. The van der Waals surface area contributed by atoms with Crippen LogP contribution in [0.25, 0.3) is 10.6 Å². The lowest BCUT2D eigenvalue weighted by molar-refractivity contribution is 0.0685. The zero-order valence-corrected chi connectivity index (χ0v) is 18.2. The summed E-state index contributed by atoms with van der Waals surface area (Å²) in [5, 5.41) is 6.22. The number of amides is 1. The van der Waals surface area contributed by atoms with Gasteiger partial charge in [-0.1, -0.05) is 18.2 Å². The third-order valence-corrected chi connectivity index (χ3v) is 6.48.